The molecule has 32 atom stereocenters. The van der Waals surface area contributed by atoms with Crippen LogP contribution in [0.2, 0.25) is 12.1 Å². The second-order valence-electron chi connectivity index (χ2n) is 24.8. The minimum Gasteiger partial charge on any atom is -0.470 e. The van der Waals surface area contributed by atoms with E-state index < -0.39 is 277 Å². The summed E-state index contributed by atoms with van der Waals surface area (Å²) in [5.74, 6) is -5.86. The van der Waals surface area contributed by atoms with E-state index in [1.54, 1.807) is 0 Å². The first kappa shape index (κ1) is 82.4. The lowest BCUT2D eigenvalue weighted by Crippen LogP contribution is -2.67. The molecule has 0 aromatic carbocycles. The van der Waals surface area contributed by atoms with Crippen LogP contribution in [0.1, 0.15) is 40.0 Å². The molecule has 99 heavy (non-hydrogen) atoms. The van der Waals surface area contributed by atoms with Crippen molar-refractivity contribution in [2.75, 3.05) is 60.0 Å². The number of hydrogen-bond acceptors (Lipinski definition) is 38. The Morgan fingerprint density at radius 2 is 0.919 bits per heavy atom. The zero-order chi connectivity index (χ0) is 73.1. The Kier molecular flexibility index (Phi) is 30.5. The number of carbonyl (C=O) groups excluding carboxylic acids is 4. The van der Waals surface area contributed by atoms with Gasteiger partial charge in [0.25, 0.3) is 0 Å². The van der Waals surface area contributed by atoms with Crippen LogP contribution in [-0.2, 0) is 103 Å². The van der Waals surface area contributed by atoms with E-state index >= 15 is 0 Å². The van der Waals surface area contributed by atoms with E-state index in [9.17, 15) is 101 Å². The van der Waals surface area contributed by atoms with Crippen LogP contribution in [0.5, 0.6) is 0 Å². The highest BCUT2D eigenvalue weighted by Crippen LogP contribution is 2.46. The fraction of sp³-hybridized carbons (Fsp3) is 0.797. The lowest BCUT2D eigenvalue weighted by molar-refractivity contribution is -0.381. The van der Waals surface area contributed by atoms with Crippen molar-refractivity contribution in [3.8, 4) is 0 Å². The molecule has 0 amide bonds. The van der Waals surface area contributed by atoms with Gasteiger partial charge in [0.05, 0.1) is 70.7 Å². The van der Waals surface area contributed by atoms with Gasteiger partial charge in [0, 0.05) is 60.9 Å². The van der Waals surface area contributed by atoms with Gasteiger partial charge in [-0.15, -0.1) is 0 Å². The molecule has 40 heteroatoms. The minimum atomic E-state index is -4.84. The Bertz CT molecular complexity index is 2680. The third-order valence-corrected chi connectivity index (χ3v) is 22.6. The second kappa shape index (κ2) is 36.7. The summed E-state index contributed by atoms with van der Waals surface area (Å²) < 4.78 is 105. The Labute approximate surface area is 569 Å². The first-order valence-electron chi connectivity index (χ1n) is 31.9. The van der Waals surface area contributed by atoms with Crippen molar-refractivity contribution in [1.29, 1.82) is 0 Å². The average molecular weight is 1470 g/mol. The number of hydrogen-bond donors (Lipinski definition) is 16. The topological polar surface area (TPSA) is 558 Å². The second-order valence-corrected chi connectivity index (χ2v) is 29.8. The number of carbonyl (C=O) groups is 4. The quantitative estimate of drug-likeness (QED) is 0.0126. The Morgan fingerprint density at radius 1 is 0.515 bits per heavy atom. The molecule has 6 aliphatic heterocycles. The fourth-order valence-electron chi connectivity index (χ4n) is 12.2. The SMILES string of the molecule is C=CC(=O)O[Si](O)(CCCOC(=O)C(=C)C)OCC1OC(OC2C(CO)OC(OC)C(O)C2O)C(O)C(O)C1OC1OC(CO)C(OC2CC(CO)C(OC3OC(CO)C(OC4OC(CO)C(C)C(O)C4O)C(O)C3O)C3O[Si](CCCOC(=O)C(=C)C)(OC(=O)C=C)OC23)C(O)C1O. The number of aliphatic hydroxyl groups is 15. The van der Waals surface area contributed by atoms with Gasteiger partial charge < -0.3 is 165 Å². The maximum Gasteiger partial charge on any atom is 0.569 e. The van der Waals surface area contributed by atoms with Crippen LogP contribution < -0.4 is 0 Å². The van der Waals surface area contributed by atoms with Crippen LogP contribution in [0.3, 0.4) is 0 Å². The normalized spacial score (nSPS) is 42.2. The van der Waals surface area contributed by atoms with Gasteiger partial charge in [0.15, 0.2) is 31.5 Å². The minimum absolute atomic E-state index is 0.0425. The van der Waals surface area contributed by atoms with Crippen molar-refractivity contribution >= 4 is 41.5 Å². The van der Waals surface area contributed by atoms with E-state index in [1.165, 1.54) is 20.8 Å². The number of ether oxygens (including phenoxy) is 13. The average Bonchev–Trinajstić information content (AvgIpc) is 1.64. The van der Waals surface area contributed by atoms with Gasteiger partial charge in [-0.1, -0.05) is 33.2 Å². The Morgan fingerprint density at radius 3 is 1.37 bits per heavy atom. The number of esters is 2. The highest BCUT2D eigenvalue weighted by Gasteiger charge is 2.66. The summed E-state index contributed by atoms with van der Waals surface area (Å²) in [6, 6.07) is -0.823. The molecule has 0 spiro atoms. The lowest BCUT2D eigenvalue weighted by Gasteiger charge is -2.50. The van der Waals surface area contributed by atoms with Crippen LogP contribution in [-0.4, -0.2) is 355 Å². The van der Waals surface area contributed by atoms with Gasteiger partial charge in [-0.2, -0.15) is 0 Å². The smallest absolute Gasteiger partial charge is 0.470 e. The van der Waals surface area contributed by atoms with E-state index in [0.717, 1.165) is 13.2 Å². The fourth-order valence-corrected chi connectivity index (χ4v) is 16.8. The molecule has 0 radical (unpaired) electrons. The van der Waals surface area contributed by atoms with Gasteiger partial charge in [0.1, 0.15) is 116 Å². The standard InChI is InChI=1S/C59H94O38Si2/c1-9-34(65)94-98(79,15-11-13-81-53(77)24(3)4)83-23-33-50(40(71)45(76)59(89-33)92-48-31(21-63)86-55(80-8)42(73)37(48)68)93-58-43(74)38(69)47(30(20-62)87-58)84-28-17-27(18-60)46(52-51(28)96-99(97-52,95-35(66)10-2)16-12-14-82-54(78)25(5)6)90-57-44(75)39(70)49(32(22-64)88-57)91-56-41(72)36(67)26(7)29(19-61)85-56/h9-10,26-33,36-52,55-64,67-76,79H,1-3,5,11-23H2,4,6-8H3. The van der Waals surface area contributed by atoms with Gasteiger partial charge >= 0.3 is 41.5 Å². The molecule has 0 bridgehead atoms. The monoisotopic (exact) mass is 1470 g/mol. The summed E-state index contributed by atoms with van der Waals surface area (Å²) in [7, 11) is -8.27. The van der Waals surface area contributed by atoms with E-state index in [-0.39, 0.29) is 43.2 Å². The van der Waals surface area contributed by atoms with E-state index in [1.807, 2.05) is 0 Å². The van der Waals surface area contributed by atoms with Crippen LogP contribution in [0.25, 0.3) is 0 Å². The van der Waals surface area contributed by atoms with Gasteiger partial charge in [-0.25, -0.2) is 19.2 Å². The predicted molar refractivity (Wildman–Crippen MR) is 324 cm³/mol. The molecule has 7 fully saturated rings. The number of aliphatic hydroxyl groups excluding tert-OH is 15. The Balaban J connectivity index is 1.16. The van der Waals surface area contributed by atoms with E-state index in [2.05, 4.69) is 26.3 Å². The maximum atomic E-state index is 13.2. The molecule has 32 unspecified atom stereocenters. The summed E-state index contributed by atoms with van der Waals surface area (Å²) in [5.41, 5.74) is 0.0917. The molecule has 0 aromatic heterocycles. The van der Waals surface area contributed by atoms with Crippen LogP contribution in [0.15, 0.2) is 49.6 Å². The lowest BCUT2D eigenvalue weighted by atomic mass is 9.80. The molecular weight excluding hydrogens is 1370 g/mol. The molecule has 566 valence electrons. The third kappa shape index (κ3) is 19.5. The van der Waals surface area contributed by atoms with Gasteiger partial charge in [-0.05, 0) is 33.1 Å². The van der Waals surface area contributed by atoms with Crippen molar-refractivity contribution < 1.29 is 184 Å². The predicted octanol–water partition coefficient (Wildman–Crippen LogP) is -8.07. The van der Waals surface area contributed by atoms with Gasteiger partial charge in [0.2, 0.25) is 0 Å². The van der Waals surface area contributed by atoms with Crippen molar-refractivity contribution in [2.24, 2.45) is 11.8 Å². The molecule has 6 heterocycles. The summed E-state index contributed by atoms with van der Waals surface area (Å²) >= 11 is 0. The van der Waals surface area contributed by atoms with E-state index in [4.69, 9.17) is 83.7 Å². The van der Waals surface area contributed by atoms with Crippen LogP contribution in [0, 0.1) is 11.8 Å². The first-order valence-corrected chi connectivity index (χ1v) is 35.8. The van der Waals surface area contributed by atoms with Crippen LogP contribution >= 0.6 is 0 Å². The molecule has 7 rings (SSSR count). The molecule has 0 aromatic rings. The molecule has 6 saturated heterocycles. The summed E-state index contributed by atoms with van der Waals surface area (Å²) in [6.45, 7) is 12.1. The van der Waals surface area contributed by atoms with Crippen molar-refractivity contribution in [3.05, 3.63) is 49.6 Å². The van der Waals surface area contributed by atoms with Crippen LogP contribution in [0.4, 0.5) is 0 Å². The molecule has 38 nitrogen and oxygen atoms in total. The first-order chi connectivity index (χ1) is 46.9. The zero-order valence-electron chi connectivity index (χ0n) is 54.6. The maximum absolute atomic E-state index is 13.2. The van der Waals surface area contributed by atoms with Crippen molar-refractivity contribution in [1.82, 2.24) is 0 Å². The van der Waals surface area contributed by atoms with Crippen molar-refractivity contribution in [3.63, 3.8) is 0 Å². The molecule has 7 aliphatic rings. The summed E-state index contributed by atoms with van der Waals surface area (Å²) in [5, 5.41) is 167. The zero-order valence-corrected chi connectivity index (χ0v) is 56.6. The highest BCUT2D eigenvalue weighted by atomic mass is 28.4. The third-order valence-electron chi connectivity index (χ3n) is 17.7. The molecule has 1 aliphatic carbocycles. The number of fused-ring (bicyclic) bond motifs is 1. The summed E-state index contributed by atoms with van der Waals surface area (Å²) in [6.07, 6.45) is -50.3. The largest absolute Gasteiger partial charge is 0.569 e. The van der Waals surface area contributed by atoms with Gasteiger partial charge in [-0.3, -0.25) is 0 Å². The number of rotatable bonds is 33. The highest BCUT2D eigenvalue weighted by molar-refractivity contribution is 6.63. The Hall–Kier alpha value is -3.93. The molecule has 1 saturated carbocycles. The number of methoxy groups -OCH3 is 1. The molecular formula is C59H94O38Si2. The van der Waals surface area contributed by atoms with Crippen molar-refractivity contribution in [2.45, 2.75) is 224 Å². The summed E-state index contributed by atoms with van der Waals surface area (Å²) in [4.78, 5) is 62.1. The molecule has 16 N–H and O–H groups in total. The van der Waals surface area contributed by atoms with E-state index in [0.29, 0.717) is 6.08 Å².